The van der Waals surface area contributed by atoms with Crippen molar-refractivity contribution in [2.75, 3.05) is 12.4 Å². The van der Waals surface area contributed by atoms with Crippen molar-refractivity contribution in [1.82, 2.24) is 0 Å². The van der Waals surface area contributed by atoms with E-state index in [0.717, 1.165) is 11.7 Å². The van der Waals surface area contributed by atoms with E-state index < -0.39 is 0 Å². The van der Waals surface area contributed by atoms with Gasteiger partial charge in [-0.2, -0.15) is 11.8 Å². The Morgan fingerprint density at radius 2 is 2.50 bits per heavy atom. The van der Waals surface area contributed by atoms with Gasteiger partial charge in [-0.3, -0.25) is 0 Å². The van der Waals surface area contributed by atoms with E-state index in [-0.39, 0.29) is 0 Å². The quantitative estimate of drug-likeness (QED) is 0.680. The fraction of sp³-hybridized carbons (Fsp3) is 1.00. The zero-order valence-electron chi connectivity index (χ0n) is 6.55. The summed E-state index contributed by atoms with van der Waals surface area (Å²) in [5, 5.41) is 9.73. The molecular weight excluding hydrogens is 144 g/mol. The number of thioether (sulfide) groups is 1. The fourth-order valence-electron chi connectivity index (χ4n) is 1.48. The van der Waals surface area contributed by atoms with Crippen molar-refractivity contribution in [1.29, 1.82) is 0 Å². The third kappa shape index (κ3) is 1.89. The summed E-state index contributed by atoms with van der Waals surface area (Å²) in [6.45, 7) is 2.55. The molecule has 1 aliphatic rings. The predicted octanol–water partition coefficient (Wildman–Crippen LogP) is 1.90. The van der Waals surface area contributed by atoms with Crippen LogP contribution in [0.15, 0.2) is 0 Å². The van der Waals surface area contributed by atoms with Crippen molar-refractivity contribution in [3.63, 3.8) is 0 Å². The molecule has 0 radical (unpaired) electrons. The van der Waals surface area contributed by atoms with Crippen molar-refractivity contribution in [2.24, 2.45) is 5.92 Å². The van der Waals surface area contributed by atoms with Gasteiger partial charge in [-0.25, -0.2) is 0 Å². The highest BCUT2D eigenvalue weighted by Crippen LogP contribution is 2.33. The van der Waals surface area contributed by atoms with Crippen LogP contribution >= 0.6 is 11.8 Å². The van der Waals surface area contributed by atoms with Crippen LogP contribution in [0.2, 0.25) is 0 Å². The molecule has 1 rings (SSSR count). The molecule has 2 atom stereocenters. The molecule has 1 N–H and O–H groups in total. The van der Waals surface area contributed by atoms with E-state index in [2.05, 4.69) is 6.92 Å². The second-order valence-corrected chi connectivity index (χ2v) is 4.25. The minimum absolute atomic E-state index is 0.383. The van der Waals surface area contributed by atoms with Crippen LogP contribution in [0.3, 0.4) is 0 Å². The average Bonchev–Trinajstić information content (AvgIpc) is 2.43. The summed E-state index contributed by atoms with van der Waals surface area (Å²) >= 11 is 2.04. The minimum atomic E-state index is 0.383. The molecule has 0 aromatic heterocycles. The molecule has 1 nitrogen and oxygen atoms in total. The summed E-state index contributed by atoms with van der Waals surface area (Å²) in [6, 6.07) is 0. The van der Waals surface area contributed by atoms with Crippen molar-refractivity contribution in [3.05, 3.63) is 0 Å². The molecule has 1 aliphatic heterocycles. The molecule has 1 fully saturated rings. The summed E-state index contributed by atoms with van der Waals surface area (Å²) < 4.78 is 0. The van der Waals surface area contributed by atoms with E-state index in [1.54, 1.807) is 0 Å². The Balaban J connectivity index is 2.29. The molecule has 1 heterocycles. The Kier molecular flexibility index (Phi) is 3.57. The molecule has 0 bridgehead atoms. The predicted molar refractivity (Wildman–Crippen MR) is 46.3 cm³/mol. The first-order valence-electron chi connectivity index (χ1n) is 4.11. The van der Waals surface area contributed by atoms with Gasteiger partial charge in [0.2, 0.25) is 0 Å². The smallest absolute Gasteiger partial charge is 0.0469 e. The molecular formula is C8H16OS. The Morgan fingerprint density at radius 1 is 1.70 bits per heavy atom. The molecule has 0 aromatic rings. The molecule has 1 saturated heterocycles. The van der Waals surface area contributed by atoms with E-state index >= 15 is 0 Å². The first kappa shape index (κ1) is 8.41. The molecule has 0 aromatic carbocycles. The van der Waals surface area contributed by atoms with Crippen LogP contribution in [0.5, 0.6) is 0 Å². The Morgan fingerprint density at radius 3 is 2.90 bits per heavy atom. The zero-order valence-corrected chi connectivity index (χ0v) is 7.36. The minimum Gasteiger partial charge on any atom is -0.396 e. The molecule has 0 spiro atoms. The number of hydrogen-bond acceptors (Lipinski definition) is 2. The van der Waals surface area contributed by atoms with Crippen LogP contribution in [0.25, 0.3) is 0 Å². The van der Waals surface area contributed by atoms with Gasteiger partial charge in [-0.1, -0.05) is 13.3 Å². The number of aliphatic hydroxyl groups is 1. The molecule has 10 heavy (non-hydrogen) atoms. The maximum atomic E-state index is 8.97. The maximum absolute atomic E-state index is 8.97. The van der Waals surface area contributed by atoms with Gasteiger partial charge in [-0.05, 0) is 24.5 Å². The van der Waals surface area contributed by atoms with E-state index in [9.17, 15) is 0 Å². The number of rotatable bonds is 3. The van der Waals surface area contributed by atoms with Gasteiger partial charge >= 0.3 is 0 Å². The number of aliphatic hydroxyl groups excluding tert-OH is 1. The Bertz CT molecular complexity index is 85.3. The zero-order chi connectivity index (χ0) is 7.40. The molecule has 60 valence electrons. The van der Waals surface area contributed by atoms with Gasteiger partial charge in [0.1, 0.15) is 0 Å². The molecule has 0 saturated carbocycles. The first-order chi connectivity index (χ1) is 4.88. The van der Waals surface area contributed by atoms with Gasteiger partial charge in [-0.15, -0.1) is 0 Å². The summed E-state index contributed by atoms with van der Waals surface area (Å²) in [5.74, 6) is 1.87. The van der Waals surface area contributed by atoms with Gasteiger partial charge in [0.15, 0.2) is 0 Å². The Hall–Kier alpha value is 0.310. The summed E-state index contributed by atoms with van der Waals surface area (Å²) in [6.07, 6.45) is 3.81. The number of hydrogen-bond donors (Lipinski definition) is 1. The standard InChI is InChI=1S/C8H16OS/c1-2-7(6-9)8-4-3-5-10-8/h7-9H,2-6H2,1H3. The van der Waals surface area contributed by atoms with Crippen LogP contribution in [-0.2, 0) is 0 Å². The lowest BCUT2D eigenvalue weighted by molar-refractivity contribution is 0.218. The first-order valence-corrected chi connectivity index (χ1v) is 5.15. The lowest BCUT2D eigenvalue weighted by atomic mass is 10.0. The van der Waals surface area contributed by atoms with Crippen LogP contribution in [0.4, 0.5) is 0 Å². The molecule has 0 amide bonds. The summed E-state index contributed by atoms with van der Waals surface area (Å²) in [4.78, 5) is 0. The van der Waals surface area contributed by atoms with Gasteiger partial charge in [0.25, 0.3) is 0 Å². The van der Waals surface area contributed by atoms with Crippen molar-refractivity contribution >= 4 is 11.8 Å². The normalized spacial score (nSPS) is 28.8. The second-order valence-electron chi connectivity index (χ2n) is 2.90. The molecule has 2 unspecified atom stereocenters. The van der Waals surface area contributed by atoms with E-state index in [1.165, 1.54) is 18.6 Å². The van der Waals surface area contributed by atoms with Gasteiger partial charge in [0, 0.05) is 11.9 Å². The summed E-state index contributed by atoms with van der Waals surface area (Å²) in [5.41, 5.74) is 0. The van der Waals surface area contributed by atoms with Crippen molar-refractivity contribution in [2.45, 2.75) is 31.4 Å². The highest BCUT2D eigenvalue weighted by atomic mass is 32.2. The van der Waals surface area contributed by atoms with E-state index in [4.69, 9.17) is 5.11 Å². The monoisotopic (exact) mass is 160 g/mol. The molecule has 2 heteroatoms. The lowest BCUT2D eigenvalue weighted by Crippen LogP contribution is -2.17. The Labute approximate surface area is 67.2 Å². The van der Waals surface area contributed by atoms with E-state index in [1.807, 2.05) is 11.8 Å². The lowest BCUT2D eigenvalue weighted by Gasteiger charge is -2.17. The molecule has 0 aliphatic carbocycles. The van der Waals surface area contributed by atoms with Crippen molar-refractivity contribution in [3.8, 4) is 0 Å². The van der Waals surface area contributed by atoms with E-state index in [0.29, 0.717) is 12.5 Å². The highest BCUT2D eigenvalue weighted by molar-refractivity contribution is 8.00. The van der Waals surface area contributed by atoms with Crippen LogP contribution < -0.4 is 0 Å². The van der Waals surface area contributed by atoms with Crippen LogP contribution in [0.1, 0.15) is 26.2 Å². The second kappa shape index (κ2) is 4.24. The average molecular weight is 160 g/mol. The van der Waals surface area contributed by atoms with Crippen molar-refractivity contribution < 1.29 is 5.11 Å². The highest BCUT2D eigenvalue weighted by Gasteiger charge is 2.23. The van der Waals surface area contributed by atoms with Crippen LogP contribution in [0, 0.1) is 5.92 Å². The third-order valence-corrected chi connectivity index (χ3v) is 3.82. The largest absolute Gasteiger partial charge is 0.396 e. The van der Waals surface area contributed by atoms with Gasteiger partial charge in [0.05, 0.1) is 0 Å². The summed E-state index contributed by atoms with van der Waals surface area (Å²) in [7, 11) is 0. The fourth-order valence-corrected chi connectivity index (χ4v) is 3.00. The third-order valence-electron chi connectivity index (χ3n) is 2.25. The van der Waals surface area contributed by atoms with Gasteiger partial charge < -0.3 is 5.11 Å². The topological polar surface area (TPSA) is 20.2 Å². The maximum Gasteiger partial charge on any atom is 0.0469 e. The van der Waals surface area contributed by atoms with Crippen LogP contribution in [-0.4, -0.2) is 22.7 Å². The SMILES string of the molecule is CCC(CO)C1CCCS1.